The Hall–Kier alpha value is -2.13. The molecule has 0 atom stereocenters. The molecule has 0 spiro atoms. The van der Waals surface area contributed by atoms with E-state index in [0.29, 0.717) is 5.56 Å². The third kappa shape index (κ3) is 2.24. The molecule has 2 aliphatic carbocycles. The summed E-state index contributed by atoms with van der Waals surface area (Å²) < 4.78 is 0.898. The van der Waals surface area contributed by atoms with Crippen LogP contribution >= 0.6 is 15.9 Å². The lowest BCUT2D eigenvalue weighted by molar-refractivity contribution is 0.0699. The molecule has 21 heavy (non-hydrogen) atoms. The molecular formula is C18H13BrO2. The van der Waals surface area contributed by atoms with Crippen LogP contribution in [-0.4, -0.2) is 11.1 Å². The van der Waals surface area contributed by atoms with Gasteiger partial charge in [-0.2, -0.15) is 0 Å². The van der Waals surface area contributed by atoms with Crippen LogP contribution < -0.4 is 0 Å². The number of hydrogen-bond acceptors (Lipinski definition) is 1. The van der Waals surface area contributed by atoms with Crippen molar-refractivity contribution >= 4 is 21.9 Å². The lowest BCUT2D eigenvalue weighted by atomic mass is 10.0. The number of hydrogen-bond donors (Lipinski definition) is 1. The normalized spacial score (nSPS) is 10.8. The first kappa shape index (κ1) is 13.8. The maximum atomic E-state index is 11.8. The molecule has 0 amide bonds. The number of carboxylic acids is 1. The van der Waals surface area contributed by atoms with Crippen LogP contribution in [0.25, 0.3) is 22.3 Å². The summed E-state index contributed by atoms with van der Waals surface area (Å²) in [4.78, 5) is 11.8. The summed E-state index contributed by atoms with van der Waals surface area (Å²) in [6.45, 7) is 1.98. The van der Waals surface area contributed by atoms with Crippen LogP contribution in [0.1, 0.15) is 15.9 Å². The summed E-state index contributed by atoms with van der Waals surface area (Å²) in [6.07, 6.45) is 0. The lowest BCUT2D eigenvalue weighted by Crippen LogP contribution is -1.98. The highest BCUT2D eigenvalue weighted by Gasteiger charge is 2.26. The number of carboxylic acid groups (broad SMARTS) is 1. The van der Waals surface area contributed by atoms with Gasteiger partial charge in [-0.1, -0.05) is 64.5 Å². The Balaban J connectivity index is 2.45. The molecule has 1 N–H and O–H groups in total. The van der Waals surface area contributed by atoms with Gasteiger partial charge in [0.1, 0.15) is 0 Å². The minimum Gasteiger partial charge on any atom is -0.478 e. The predicted molar refractivity (Wildman–Crippen MR) is 87.9 cm³/mol. The van der Waals surface area contributed by atoms with Crippen LogP contribution in [-0.2, 0) is 0 Å². The molecule has 104 valence electrons. The molecule has 0 saturated carbocycles. The average molecular weight is 341 g/mol. The molecule has 0 aliphatic heterocycles. The highest BCUT2D eigenvalue weighted by Crippen LogP contribution is 2.43. The maximum Gasteiger partial charge on any atom is 0.336 e. The van der Waals surface area contributed by atoms with Crippen LogP contribution in [0, 0.1) is 6.92 Å². The van der Waals surface area contributed by atoms with Gasteiger partial charge in [0.2, 0.25) is 0 Å². The molecule has 0 fully saturated rings. The number of aromatic carboxylic acids is 1. The van der Waals surface area contributed by atoms with E-state index in [-0.39, 0.29) is 0 Å². The molecule has 2 nitrogen and oxygen atoms in total. The third-order valence-electron chi connectivity index (χ3n) is 3.69. The molecule has 0 saturated heterocycles. The zero-order valence-electron chi connectivity index (χ0n) is 11.4. The first-order chi connectivity index (χ1) is 10.1. The first-order valence-corrected chi connectivity index (χ1v) is 7.40. The summed E-state index contributed by atoms with van der Waals surface area (Å²) in [6, 6.07) is 17.3. The topological polar surface area (TPSA) is 37.3 Å². The Labute approximate surface area is 131 Å². The molecule has 0 bridgehead atoms. The van der Waals surface area contributed by atoms with Gasteiger partial charge in [-0.25, -0.2) is 4.79 Å². The molecule has 1 aromatic rings. The van der Waals surface area contributed by atoms with Crippen LogP contribution in [0.4, 0.5) is 0 Å². The minimum absolute atomic E-state index is 0.366. The van der Waals surface area contributed by atoms with Gasteiger partial charge in [0.15, 0.2) is 0 Å². The highest BCUT2D eigenvalue weighted by molar-refractivity contribution is 9.10. The monoisotopic (exact) mass is 340 g/mol. The van der Waals surface area contributed by atoms with E-state index in [9.17, 15) is 9.90 Å². The number of halogens is 1. The zero-order valence-corrected chi connectivity index (χ0v) is 13.0. The zero-order chi connectivity index (χ0) is 15.0. The smallest absolute Gasteiger partial charge is 0.336 e. The van der Waals surface area contributed by atoms with E-state index in [1.807, 2.05) is 61.5 Å². The van der Waals surface area contributed by atoms with E-state index in [4.69, 9.17) is 0 Å². The van der Waals surface area contributed by atoms with Gasteiger partial charge in [0, 0.05) is 10.0 Å². The van der Waals surface area contributed by atoms with Crippen LogP contribution in [0.5, 0.6) is 0 Å². The number of rotatable bonds is 2. The van der Waals surface area contributed by atoms with Crippen molar-refractivity contribution in [1.82, 2.24) is 0 Å². The highest BCUT2D eigenvalue weighted by atomic mass is 79.9. The average Bonchev–Trinajstić information content (AvgIpc) is 2.63. The fourth-order valence-electron chi connectivity index (χ4n) is 2.77. The van der Waals surface area contributed by atoms with Gasteiger partial charge in [0.25, 0.3) is 0 Å². The first-order valence-electron chi connectivity index (χ1n) is 6.60. The van der Waals surface area contributed by atoms with Gasteiger partial charge < -0.3 is 5.11 Å². The SMILES string of the molecule is Cc1c2cccccc-2c(C(=O)O)c1-c1ccccc1Br. The van der Waals surface area contributed by atoms with E-state index in [2.05, 4.69) is 15.9 Å². The predicted octanol–water partition coefficient (Wildman–Crippen LogP) is 5.23. The summed E-state index contributed by atoms with van der Waals surface area (Å²) in [5, 5.41) is 9.70. The van der Waals surface area contributed by atoms with E-state index in [1.54, 1.807) is 0 Å². The van der Waals surface area contributed by atoms with Gasteiger partial charge in [-0.15, -0.1) is 0 Å². The second-order valence-electron chi connectivity index (χ2n) is 4.90. The third-order valence-corrected chi connectivity index (χ3v) is 4.39. The molecule has 0 unspecified atom stereocenters. The van der Waals surface area contributed by atoms with Crippen molar-refractivity contribution in [3.05, 3.63) is 70.2 Å². The van der Waals surface area contributed by atoms with Crippen molar-refractivity contribution in [1.29, 1.82) is 0 Å². The second-order valence-corrected chi connectivity index (χ2v) is 5.75. The fraction of sp³-hybridized carbons (Fsp3) is 0.0556. The standard InChI is InChI=1S/C18H13BrO2/c1-11-12-7-3-2-4-8-13(12)17(18(20)21)16(11)14-9-5-6-10-15(14)19/h2-10H,1H3,(H,20,21). The molecular weight excluding hydrogens is 328 g/mol. The second kappa shape index (κ2) is 5.34. The molecule has 1 aromatic carbocycles. The van der Waals surface area contributed by atoms with E-state index >= 15 is 0 Å². The van der Waals surface area contributed by atoms with Crippen LogP contribution in [0.3, 0.4) is 0 Å². The van der Waals surface area contributed by atoms with E-state index < -0.39 is 5.97 Å². The summed E-state index contributed by atoms with van der Waals surface area (Å²) in [7, 11) is 0. The molecule has 3 rings (SSSR count). The largest absolute Gasteiger partial charge is 0.478 e. The maximum absolute atomic E-state index is 11.8. The molecule has 3 heteroatoms. The van der Waals surface area contributed by atoms with Crippen LogP contribution in [0.2, 0.25) is 0 Å². The van der Waals surface area contributed by atoms with Gasteiger partial charge >= 0.3 is 5.97 Å². The summed E-state index contributed by atoms with van der Waals surface area (Å²) >= 11 is 3.52. The van der Waals surface area contributed by atoms with Crippen molar-refractivity contribution in [3.63, 3.8) is 0 Å². The van der Waals surface area contributed by atoms with Crippen LogP contribution in [0.15, 0.2) is 59.1 Å². The Kier molecular flexibility index (Phi) is 3.52. The number of carbonyl (C=O) groups is 1. The van der Waals surface area contributed by atoms with Crippen molar-refractivity contribution in [2.45, 2.75) is 6.92 Å². The number of fused-ring (bicyclic) bond motifs is 1. The summed E-state index contributed by atoms with van der Waals surface area (Å²) in [5.74, 6) is -0.898. The molecule has 2 aliphatic rings. The van der Waals surface area contributed by atoms with E-state index in [1.165, 1.54) is 0 Å². The Bertz CT molecular complexity index is 808. The molecule has 0 heterocycles. The Morgan fingerprint density at radius 3 is 2.14 bits per heavy atom. The Morgan fingerprint density at radius 1 is 0.905 bits per heavy atom. The van der Waals surface area contributed by atoms with Crippen molar-refractivity contribution in [2.75, 3.05) is 0 Å². The molecule has 0 radical (unpaired) electrons. The Morgan fingerprint density at radius 2 is 1.48 bits per heavy atom. The van der Waals surface area contributed by atoms with Crippen molar-refractivity contribution in [2.24, 2.45) is 0 Å². The van der Waals surface area contributed by atoms with Crippen molar-refractivity contribution in [3.8, 4) is 22.3 Å². The summed E-state index contributed by atoms with van der Waals surface area (Å²) in [5.41, 5.74) is 4.80. The van der Waals surface area contributed by atoms with Gasteiger partial charge in [0.05, 0.1) is 5.56 Å². The quantitative estimate of drug-likeness (QED) is 0.693. The minimum atomic E-state index is -0.898. The fourth-order valence-corrected chi connectivity index (χ4v) is 3.25. The lowest BCUT2D eigenvalue weighted by Gasteiger charge is -2.06. The van der Waals surface area contributed by atoms with Gasteiger partial charge in [-0.05, 0) is 35.2 Å². The van der Waals surface area contributed by atoms with Crippen molar-refractivity contribution < 1.29 is 9.90 Å². The van der Waals surface area contributed by atoms with E-state index in [0.717, 1.165) is 32.3 Å². The number of benzene rings is 1. The molecule has 0 aromatic heterocycles. The van der Waals surface area contributed by atoms with Gasteiger partial charge in [-0.3, -0.25) is 0 Å².